The van der Waals surface area contributed by atoms with Crippen LogP contribution in [0.25, 0.3) is 10.8 Å². The monoisotopic (exact) mass is 451 g/mol. The van der Waals surface area contributed by atoms with Crippen molar-refractivity contribution in [2.45, 2.75) is 0 Å². The summed E-state index contributed by atoms with van der Waals surface area (Å²) in [5, 5.41) is 5.58. The van der Waals surface area contributed by atoms with Gasteiger partial charge >= 0.3 is 0 Å². The van der Waals surface area contributed by atoms with Gasteiger partial charge in [0.05, 0.1) is 10.0 Å². The molecule has 1 aliphatic heterocycles. The number of carbonyl (C=O) groups excluding carboxylic acids is 1. The molecule has 1 aliphatic rings. The largest absolute Gasteiger partial charge is 0.454 e. The Hall–Kier alpha value is -3.41. The zero-order valence-electron chi connectivity index (χ0n) is 16.0. The number of ether oxygens (including phenoxy) is 3. The lowest BCUT2D eigenvalue weighted by molar-refractivity contribution is 0.102. The Bertz CT molecular complexity index is 1320. The Morgan fingerprint density at radius 3 is 2.55 bits per heavy atom. The summed E-state index contributed by atoms with van der Waals surface area (Å²) in [6.07, 6.45) is 0. The van der Waals surface area contributed by atoms with Crippen molar-refractivity contribution in [2.24, 2.45) is 0 Å². The third-order valence-electron chi connectivity index (χ3n) is 4.87. The van der Waals surface area contributed by atoms with E-state index in [9.17, 15) is 4.79 Å². The smallest absolute Gasteiger partial charge is 0.255 e. The van der Waals surface area contributed by atoms with Crippen LogP contribution in [0.4, 0.5) is 5.69 Å². The van der Waals surface area contributed by atoms with Crippen molar-refractivity contribution in [2.75, 3.05) is 12.1 Å². The van der Waals surface area contributed by atoms with E-state index in [2.05, 4.69) is 5.32 Å². The maximum Gasteiger partial charge on any atom is 0.255 e. The summed E-state index contributed by atoms with van der Waals surface area (Å²) >= 11 is 12.9. The van der Waals surface area contributed by atoms with Crippen molar-refractivity contribution in [3.63, 3.8) is 0 Å². The summed E-state index contributed by atoms with van der Waals surface area (Å²) in [5.41, 5.74) is 0.980. The van der Waals surface area contributed by atoms with Gasteiger partial charge in [-0.2, -0.15) is 0 Å². The molecule has 0 atom stereocenters. The van der Waals surface area contributed by atoms with Gasteiger partial charge in [0, 0.05) is 16.6 Å². The lowest BCUT2D eigenvalue weighted by atomic mass is 10.1. The molecule has 0 radical (unpaired) electrons. The molecule has 1 amide bonds. The quantitative estimate of drug-likeness (QED) is 0.365. The first-order chi connectivity index (χ1) is 15.1. The van der Waals surface area contributed by atoms with Crippen LogP contribution in [0.1, 0.15) is 10.4 Å². The Morgan fingerprint density at radius 1 is 0.871 bits per heavy atom. The van der Waals surface area contributed by atoms with Gasteiger partial charge in [0.15, 0.2) is 11.5 Å². The van der Waals surface area contributed by atoms with Crippen molar-refractivity contribution >= 4 is 45.6 Å². The molecule has 5 rings (SSSR count). The van der Waals surface area contributed by atoms with Crippen LogP contribution in [0.2, 0.25) is 10.0 Å². The fourth-order valence-electron chi connectivity index (χ4n) is 3.31. The maximum atomic E-state index is 12.6. The van der Waals surface area contributed by atoms with Gasteiger partial charge in [-0.1, -0.05) is 53.5 Å². The highest BCUT2D eigenvalue weighted by Gasteiger charge is 2.17. The van der Waals surface area contributed by atoms with Crippen molar-refractivity contribution < 1.29 is 19.0 Å². The lowest BCUT2D eigenvalue weighted by Crippen LogP contribution is -2.11. The van der Waals surface area contributed by atoms with E-state index >= 15 is 0 Å². The molecule has 0 unspecified atom stereocenters. The third kappa shape index (κ3) is 3.85. The fourth-order valence-corrected chi connectivity index (χ4v) is 3.81. The van der Waals surface area contributed by atoms with Gasteiger partial charge in [-0.25, -0.2) is 0 Å². The molecule has 5 nitrogen and oxygen atoms in total. The van der Waals surface area contributed by atoms with Crippen LogP contribution < -0.4 is 19.5 Å². The maximum absolute atomic E-state index is 12.6. The van der Waals surface area contributed by atoms with Crippen molar-refractivity contribution in [3.8, 4) is 23.0 Å². The molecule has 0 spiro atoms. The molecule has 4 aromatic rings. The van der Waals surface area contributed by atoms with E-state index in [1.807, 2.05) is 30.3 Å². The van der Waals surface area contributed by atoms with Gasteiger partial charge in [0.1, 0.15) is 11.5 Å². The number of carbonyl (C=O) groups is 1. The first kappa shape index (κ1) is 19.5. The van der Waals surface area contributed by atoms with Crippen molar-refractivity contribution in [3.05, 3.63) is 88.4 Å². The highest BCUT2D eigenvalue weighted by Crippen LogP contribution is 2.38. The van der Waals surface area contributed by atoms with Gasteiger partial charge in [-0.15, -0.1) is 0 Å². The molecule has 0 saturated heterocycles. The zero-order valence-corrected chi connectivity index (χ0v) is 17.5. The van der Waals surface area contributed by atoms with E-state index in [1.165, 1.54) is 0 Å². The Morgan fingerprint density at radius 2 is 1.68 bits per heavy atom. The van der Waals surface area contributed by atoms with Crippen LogP contribution in [0.5, 0.6) is 23.0 Å². The van der Waals surface area contributed by atoms with Crippen LogP contribution in [0.3, 0.4) is 0 Å². The van der Waals surface area contributed by atoms with Crippen LogP contribution in [0, 0.1) is 0 Å². The standard InChI is InChI=1S/C24H15Cl2NO4/c25-18-12-16(27-24(28)15-6-8-20-22(11-15)30-13-29-20)7-10-19(18)31-21-9-5-14-3-1-2-4-17(14)23(21)26/h1-12H,13H2,(H,27,28). The number of anilines is 1. The predicted octanol–water partition coefficient (Wildman–Crippen LogP) is 6.92. The first-order valence-electron chi connectivity index (χ1n) is 9.44. The molecule has 0 fully saturated rings. The van der Waals surface area contributed by atoms with Crippen molar-refractivity contribution in [1.29, 1.82) is 0 Å². The summed E-state index contributed by atoms with van der Waals surface area (Å²) in [7, 11) is 0. The topological polar surface area (TPSA) is 56.8 Å². The number of benzene rings is 4. The van der Waals surface area contributed by atoms with Crippen LogP contribution in [-0.2, 0) is 0 Å². The highest BCUT2D eigenvalue weighted by molar-refractivity contribution is 6.37. The summed E-state index contributed by atoms with van der Waals surface area (Å²) in [6, 6.07) is 21.5. The lowest BCUT2D eigenvalue weighted by Gasteiger charge is -2.12. The summed E-state index contributed by atoms with van der Waals surface area (Å²) in [6.45, 7) is 0.151. The normalized spacial score (nSPS) is 12.1. The molecule has 1 N–H and O–H groups in total. The van der Waals surface area contributed by atoms with Gasteiger partial charge in [0.25, 0.3) is 5.91 Å². The predicted molar refractivity (Wildman–Crippen MR) is 121 cm³/mol. The minimum absolute atomic E-state index is 0.151. The molecule has 0 saturated carbocycles. The summed E-state index contributed by atoms with van der Waals surface area (Å²) < 4.78 is 16.5. The molecule has 7 heteroatoms. The minimum Gasteiger partial charge on any atom is -0.454 e. The zero-order chi connectivity index (χ0) is 21.4. The molecular formula is C24H15Cl2NO4. The number of fused-ring (bicyclic) bond motifs is 2. The number of hydrogen-bond acceptors (Lipinski definition) is 4. The van der Waals surface area contributed by atoms with E-state index in [0.717, 1.165) is 10.8 Å². The van der Waals surface area contributed by atoms with E-state index in [-0.39, 0.29) is 12.7 Å². The average Bonchev–Trinajstić information content (AvgIpc) is 3.25. The van der Waals surface area contributed by atoms with Gasteiger partial charge < -0.3 is 19.5 Å². The third-order valence-corrected chi connectivity index (χ3v) is 5.56. The number of halogens is 2. The number of hydrogen-bond donors (Lipinski definition) is 1. The molecule has 0 aromatic heterocycles. The van der Waals surface area contributed by atoms with Crippen LogP contribution >= 0.6 is 23.2 Å². The molecule has 154 valence electrons. The molecule has 0 bridgehead atoms. The highest BCUT2D eigenvalue weighted by atomic mass is 35.5. The molecule has 1 heterocycles. The summed E-state index contributed by atoms with van der Waals surface area (Å²) in [4.78, 5) is 12.6. The van der Waals surface area contributed by atoms with Crippen molar-refractivity contribution in [1.82, 2.24) is 0 Å². The Kier molecular flexibility index (Phi) is 5.06. The fraction of sp³-hybridized carbons (Fsp3) is 0.0417. The van der Waals surface area contributed by atoms with Gasteiger partial charge in [0.2, 0.25) is 6.79 Å². The minimum atomic E-state index is -0.291. The molecular weight excluding hydrogens is 437 g/mol. The SMILES string of the molecule is O=C(Nc1ccc(Oc2ccc3ccccc3c2Cl)c(Cl)c1)c1ccc2c(c1)OCO2. The Balaban J connectivity index is 1.34. The van der Waals surface area contributed by atoms with E-state index in [1.54, 1.807) is 42.5 Å². The second-order valence-electron chi connectivity index (χ2n) is 6.87. The summed E-state index contributed by atoms with van der Waals surface area (Å²) in [5.74, 6) is 1.80. The second-order valence-corrected chi connectivity index (χ2v) is 7.65. The molecule has 31 heavy (non-hydrogen) atoms. The Labute approximate surface area is 188 Å². The van der Waals surface area contributed by atoms with Gasteiger partial charge in [-0.05, 0) is 47.9 Å². The second kappa shape index (κ2) is 8.02. The van der Waals surface area contributed by atoms with Gasteiger partial charge in [-0.3, -0.25) is 4.79 Å². The number of amides is 1. The first-order valence-corrected chi connectivity index (χ1v) is 10.2. The molecule has 4 aromatic carbocycles. The number of rotatable bonds is 4. The average molecular weight is 452 g/mol. The van der Waals surface area contributed by atoms with E-state index < -0.39 is 0 Å². The van der Waals surface area contributed by atoms with Crippen LogP contribution in [-0.4, -0.2) is 12.7 Å². The van der Waals surface area contributed by atoms with E-state index in [0.29, 0.717) is 44.3 Å². The molecule has 0 aliphatic carbocycles. The van der Waals surface area contributed by atoms with Crippen LogP contribution in [0.15, 0.2) is 72.8 Å². The van der Waals surface area contributed by atoms with E-state index in [4.69, 9.17) is 37.4 Å². The number of nitrogens with one attached hydrogen (secondary N) is 1.